The molecule has 0 saturated carbocycles. The highest BCUT2D eigenvalue weighted by Gasteiger charge is 2.08. The summed E-state index contributed by atoms with van der Waals surface area (Å²) >= 11 is 0. The zero-order chi connectivity index (χ0) is 15.0. The molecule has 0 atom stereocenters. The van der Waals surface area contributed by atoms with Gasteiger partial charge in [-0.05, 0) is 31.1 Å². The molecule has 4 nitrogen and oxygen atoms in total. The molecule has 0 bridgehead atoms. The lowest BCUT2D eigenvalue weighted by Gasteiger charge is -2.11. The van der Waals surface area contributed by atoms with Crippen LogP contribution in [0.25, 0.3) is 5.57 Å². The van der Waals surface area contributed by atoms with Gasteiger partial charge in [0, 0.05) is 24.3 Å². The molecule has 0 aliphatic heterocycles. The molecule has 0 heterocycles. The molecule has 0 radical (unpaired) electrons. The van der Waals surface area contributed by atoms with Gasteiger partial charge in [0.15, 0.2) is 0 Å². The third-order valence-electron chi connectivity index (χ3n) is 3.01. The van der Waals surface area contributed by atoms with Crippen LogP contribution in [0.4, 0.5) is 0 Å². The van der Waals surface area contributed by atoms with Crippen LogP contribution in [-0.2, 0) is 4.79 Å². The monoisotopic (exact) mass is 277 g/mol. The van der Waals surface area contributed by atoms with Gasteiger partial charge in [-0.15, -0.1) is 0 Å². The maximum atomic E-state index is 11.8. The van der Waals surface area contributed by atoms with E-state index in [0.29, 0.717) is 12.3 Å². The highest BCUT2D eigenvalue weighted by Crippen LogP contribution is 2.29. The van der Waals surface area contributed by atoms with Crippen LogP contribution in [0.3, 0.4) is 0 Å². The van der Waals surface area contributed by atoms with E-state index in [2.05, 4.69) is 12.2 Å². The van der Waals surface area contributed by atoms with Gasteiger partial charge in [-0.3, -0.25) is 4.79 Å². The Balaban J connectivity index is 2.85. The molecule has 0 aliphatic carbocycles. The summed E-state index contributed by atoms with van der Waals surface area (Å²) < 4.78 is 10.5. The number of ether oxygens (including phenoxy) is 2. The first-order valence-corrected chi connectivity index (χ1v) is 6.80. The molecule has 0 aromatic heterocycles. The maximum absolute atomic E-state index is 11.8. The highest BCUT2D eigenvalue weighted by atomic mass is 16.5. The summed E-state index contributed by atoms with van der Waals surface area (Å²) in [5, 5.41) is 2.86. The van der Waals surface area contributed by atoms with Crippen molar-refractivity contribution in [3.05, 3.63) is 29.8 Å². The number of rotatable bonds is 7. The van der Waals surface area contributed by atoms with Crippen LogP contribution in [0.2, 0.25) is 0 Å². The van der Waals surface area contributed by atoms with Gasteiger partial charge in [0.05, 0.1) is 14.2 Å². The van der Waals surface area contributed by atoms with E-state index in [1.165, 1.54) is 0 Å². The summed E-state index contributed by atoms with van der Waals surface area (Å²) in [4.78, 5) is 11.8. The first-order chi connectivity index (χ1) is 9.62. The minimum atomic E-state index is -0.0752. The summed E-state index contributed by atoms with van der Waals surface area (Å²) in [5.74, 6) is 1.35. The van der Waals surface area contributed by atoms with Crippen molar-refractivity contribution in [1.29, 1.82) is 0 Å². The molecule has 110 valence electrons. The smallest absolute Gasteiger partial charge is 0.244 e. The molecule has 1 aromatic carbocycles. The van der Waals surface area contributed by atoms with Crippen LogP contribution in [0.5, 0.6) is 11.5 Å². The Kier molecular flexibility index (Phi) is 6.64. The van der Waals surface area contributed by atoms with Crippen molar-refractivity contribution in [1.82, 2.24) is 5.32 Å². The van der Waals surface area contributed by atoms with Crippen molar-refractivity contribution in [2.45, 2.75) is 26.7 Å². The fraction of sp³-hybridized carbons (Fsp3) is 0.438. The van der Waals surface area contributed by atoms with E-state index in [1.807, 2.05) is 25.1 Å². The lowest BCUT2D eigenvalue weighted by Crippen LogP contribution is -2.22. The molecule has 0 aliphatic rings. The fourth-order valence-electron chi connectivity index (χ4n) is 1.84. The zero-order valence-corrected chi connectivity index (χ0v) is 12.7. The second-order valence-electron chi connectivity index (χ2n) is 4.54. The number of hydrogen-bond acceptors (Lipinski definition) is 3. The summed E-state index contributed by atoms with van der Waals surface area (Å²) in [6.45, 7) is 4.69. The molecule has 1 N–H and O–H groups in total. The molecule has 20 heavy (non-hydrogen) atoms. The normalized spacial score (nSPS) is 11.1. The van der Waals surface area contributed by atoms with Crippen molar-refractivity contribution >= 4 is 11.5 Å². The molecule has 0 spiro atoms. The standard InChI is InChI=1S/C16H23NO3/c1-5-6-9-17-16(18)10-12(2)14-8-7-13(19-3)11-15(14)20-4/h7-8,10-11H,5-6,9H2,1-4H3,(H,17,18)/b12-10+. The van der Waals surface area contributed by atoms with Crippen LogP contribution in [0.1, 0.15) is 32.3 Å². The average molecular weight is 277 g/mol. The van der Waals surface area contributed by atoms with E-state index in [4.69, 9.17) is 9.47 Å². The number of unbranched alkanes of at least 4 members (excludes halogenated alkanes) is 1. The highest BCUT2D eigenvalue weighted by molar-refractivity contribution is 5.95. The van der Waals surface area contributed by atoms with Crippen LogP contribution in [-0.4, -0.2) is 26.7 Å². The summed E-state index contributed by atoms with van der Waals surface area (Å²) in [7, 11) is 3.21. The Morgan fingerprint density at radius 3 is 2.65 bits per heavy atom. The van der Waals surface area contributed by atoms with E-state index in [1.54, 1.807) is 20.3 Å². The largest absolute Gasteiger partial charge is 0.497 e. The number of amides is 1. The van der Waals surface area contributed by atoms with Crippen LogP contribution >= 0.6 is 0 Å². The first kappa shape index (κ1) is 16.1. The second kappa shape index (κ2) is 8.25. The number of benzene rings is 1. The lowest BCUT2D eigenvalue weighted by atomic mass is 10.1. The SMILES string of the molecule is CCCCNC(=O)/C=C(\C)c1ccc(OC)cc1OC. The second-order valence-corrected chi connectivity index (χ2v) is 4.54. The molecular weight excluding hydrogens is 254 g/mol. The molecule has 1 aromatic rings. The number of allylic oxidation sites excluding steroid dienone is 1. The summed E-state index contributed by atoms with van der Waals surface area (Å²) in [6.07, 6.45) is 3.65. The zero-order valence-electron chi connectivity index (χ0n) is 12.7. The van der Waals surface area contributed by atoms with Gasteiger partial charge < -0.3 is 14.8 Å². The quantitative estimate of drug-likeness (QED) is 0.615. The Bertz CT molecular complexity index is 481. The Hall–Kier alpha value is -1.97. The van der Waals surface area contributed by atoms with Crippen molar-refractivity contribution in [2.75, 3.05) is 20.8 Å². The Labute approximate surface area is 120 Å². The van der Waals surface area contributed by atoms with Gasteiger partial charge in [-0.2, -0.15) is 0 Å². The van der Waals surface area contributed by atoms with Crippen molar-refractivity contribution < 1.29 is 14.3 Å². The van der Waals surface area contributed by atoms with E-state index in [-0.39, 0.29) is 5.91 Å². The van der Waals surface area contributed by atoms with Crippen molar-refractivity contribution in [3.8, 4) is 11.5 Å². The molecular formula is C16H23NO3. The molecule has 0 unspecified atom stereocenters. The molecule has 1 rings (SSSR count). The van der Waals surface area contributed by atoms with E-state index < -0.39 is 0 Å². The van der Waals surface area contributed by atoms with Gasteiger partial charge >= 0.3 is 0 Å². The topological polar surface area (TPSA) is 47.6 Å². The maximum Gasteiger partial charge on any atom is 0.244 e. The van der Waals surface area contributed by atoms with E-state index in [0.717, 1.165) is 29.7 Å². The number of nitrogens with one attached hydrogen (secondary N) is 1. The van der Waals surface area contributed by atoms with Gasteiger partial charge in [-0.25, -0.2) is 0 Å². The molecule has 1 amide bonds. The summed E-state index contributed by atoms with van der Waals surface area (Å²) in [6, 6.07) is 5.55. The third-order valence-corrected chi connectivity index (χ3v) is 3.01. The first-order valence-electron chi connectivity index (χ1n) is 6.80. The minimum Gasteiger partial charge on any atom is -0.497 e. The van der Waals surface area contributed by atoms with Crippen LogP contribution < -0.4 is 14.8 Å². The van der Waals surface area contributed by atoms with Crippen LogP contribution in [0.15, 0.2) is 24.3 Å². The van der Waals surface area contributed by atoms with Gasteiger partial charge in [0.2, 0.25) is 5.91 Å². The Morgan fingerprint density at radius 1 is 1.30 bits per heavy atom. The van der Waals surface area contributed by atoms with Crippen LogP contribution in [0, 0.1) is 0 Å². The Morgan fingerprint density at radius 2 is 2.05 bits per heavy atom. The number of methoxy groups -OCH3 is 2. The van der Waals surface area contributed by atoms with Gasteiger partial charge in [-0.1, -0.05) is 13.3 Å². The third kappa shape index (κ3) is 4.61. The summed E-state index contributed by atoms with van der Waals surface area (Å²) in [5.41, 5.74) is 1.75. The minimum absolute atomic E-state index is 0.0752. The van der Waals surface area contributed by atoms with Gasteiger partial charge in [0.1, 0.15) is 11.5 Å². The lowest BCUT2D eigenvalue weighted by molar-refractivity contribution is -0.116. The van der Waals surface area contributed by atoms with E-state index >= 15 is 0 Å². The number of hydrogen-bond donors (Lipinski definition) is 1. The van der Waals surface area contributed by atoms with Crippen molar-refractivity contribution in [2.24, 2.45) is 0 Å². The average Bonchev–Trinajstić information content (AvgIpc) is 2.46. The molecule has 0 saturated heterocycles. The van der Waals surface area contributed by atoms with Crippen molar-refractivity contribution in [3.63, 3.8) is 0 Å². The van der Waals surface area contributed by atoms with Gasteiger partial charge in [0.25, 0.3) is 0 Å². The number of carbonyl (C=O) groups excluding carboxylic acids is 1. The predicted octanol–water partition coefficient (Wildman–Crippen LogP) is 3.02. The number of carbonyl (C=O) groups is 1. The van der Waals surface area contributed by atoms with E-state index in [9.17, 15) is 4.79 Å². The fourth-order valence-corrected chi connectivity index (χ4v) is 1.84. The molecule has 4 heteroatoms. The molecule has 0 fully saturated rings. The predicted molar refractivity (Wildman–Crippen MR) is 81.1 cm³/mol.